The number of amides is 1. The molecule has 0 spiro atoms. The van der Waals surface area contributed by atoms with E-state index in [9.17, 15) is 4.79 Å². The Hall–Kier alpha value is -4.07. The number of piperazine rings is 1. The predicted molar refractivity (Wildman–Crippen MR) is 138 cm³/mol. The highest BCUT2D eigenvalue weighted by molar-refractivity contribution is 5.91. The van der Waals surface area contributed by atoms with Crippen molar-refractivity contribution in [3.05, 3.63) is 66.7 Å². The van der Waals surface area contributed by atoms with Crippen LogP contribution in [0.4, 0.5) is 17.3 Å². The predicted octanol–water partition coefficient (Wildman–Crippen LogP) is 4.25. The van der Waals surface area contributed by atoms with E-state index in [1.807, 2.05) is 24.5 Å². The summed E-state index contributed by atoms with van der Waals surface area (Å²) in [6, 6.07) is 12.6. The van der Waals surface area contributed by atoms with Gasteiger partial charge in [-0.05, 0) is 59.7 Å². The van der Waals surface area contributed by atoms with Crippen LogP contribution in [-0.2, 0) is 4.79 Å². The van der Waals surface area contributed by atoms with Crippen molar-refractivity contribution in [1.82, 2.24) is 19.9 Å². The van der Waals surface area contributed by atoms with Crippen LogP contribution in [0.25, 0.3) is 22.2 Å². The fourth-order valence-electron chi connectivity index (χ4n) is 4.73. The number of aromatic nitrogens is 4. The monoisotopic (exact) mass is 465 g/mol. The van der Waals surface area contributed by atoms with Crippen molar-refractivity contribution in [2.45, 2.75) is 25.7 Å². The second kappa shape index (κ2) is 8.94. The van der Waals surface area contributed by atoms with Crippen LogP contribution in [0.15, 0.2) is 61.2 Å². The van der Waals surface area contributed by atoms with Crippen LogP contribution in [0.5, 0.6) is 0 Å². The Morgan fingerprint density at radius 1 is 0.857 bits per heavy atom. The van der Waals surface area contributed by atoms with Gasteiger partial charge in [0.05, 0.1) is 23.4 Å². The number of hydrogen-bond acceptors (Lipinski definition) is 7. The lowest BCUT2D eigenvalue weighted by molar-refractivity contribution is -0.114. The third kappa shape index (κ3) is 4.51. The number of carbonyl (C=O) groups is 1. The molecule has 1 aliphatic carbocycles. The zero-order valence-electron chi connectivity index (χ0n) is 19.7. The fraction of sp³-hybridized carbons (Fsp3) is 0.296. The zero-order valence-corrected chi connectivity index (χ0v) is 19.7. The number of rotatable bonds is 5. The van der Waals surface area contributed by atoms with E-state index in [4.69, 9.17) is 4.98 Å². The van der Waals surface area contributed by atoms with Gasteiger partial charge in [0.25, 0.3) is 0 Å². The van der Waals surface area contributed by atoms with Crippen molar-refractivity contribution >= 4 is 34.3 Å². The lowest BCUT2D eigenvalue weighted by atomic mass is 9.99. The highest BCUT2D eigenvalue weighted by atomic mass is 16.1. The second-order valence-corrected chi connectivity index (χ2v) is 9.23. The molecule has 8 nitrogen and oxygen atoms in total. The highest BCUT2D eigenvalue weighted by Gasteiger charge is 2.27. The highest BCUT2D eigenvalue weighted by Crippen LogP contribution is 2.45. The van der Waals surface area contributed by atoms with Crippen LogP contribution in [-0.4, -0.2) is 52.0 Å². The summed E-state index contributed by atoms with van der Waals surface area (Å²) < 4.78 is 0. The van der Waals surface area contributed by atoms with E-state index in [0.717, 1.165) is 65.7 Å². The summed E-state index contributed by atoms with van der Waals surface area (Å²) in [6.07, 6.45) is 9.45. The number of benzene rings is 2. The van der Waals surface area contributed by atoms with Gasteiger partial charge < -0.3 is 15.1 Å². The number of carbonyl (C=O) groups excluding carboxylic acids is 1. The first-order valence-electron chi connectivity index (χ1n) is 12.1. The van der Waals surface area contributed by atoms with Crippen molar-refractivity contribution in [2.24, 2.45) is 0 Å². The summed E-state index contributed by atoms with van der Waals surface area (Å²) >= 11 is 0. The molecule has 176 valence electrons. The Labute approximate surface area is 204 Å². The second-order valence-electron chi connectivity index (χ2n) is 9.23. The quantitative estimate of drug-likeness (QED) is 0.471. The lowest BCUT2D eigenvalue weighted by Gasteiger charge is -2.35. The molecule has 1 saturated carbocycles. The summed E-state index contributed by atoms with van der Waals surface area (Å²) in [5.74, 6) is 2.31. The molecule has 1 amide bonds. The van der Waals surface area contributed by atoms with Gasteiger partial charge in [-0.3, -0.25) is 14.8 Å². The van der Waals surface area contributed by atoms with Gasteiger partial charge in [-0.25, -0.2) is 9.97 Å². The van der Waals surface area contributed by atoms with Crippen LogP contribution in [0.3, 0.4) is 0 Å². The molecule has 6 rings (SSSR count). The third-order valence-corrected chi connectivity index (χ3v) is 6.72. The Balaban J connectivity index is 1.25. The maximum absolute atomic E-state index is 11.6. The van der Waals surface area contributed by atoms with Crippen molar-refractivity contribution in [1.29, 1.82) is 0 Å². The van der Waals surface area contributed by atoms with Crippen LogP contribution in [0, 0.1) is 0 Å². The Bertz CT molecular complexity index is 1380. The van der Waals surface area contributed by atoms with Gasteiger partial charge in [-0.1, -0.05) is 12.1 Å². The van der Waals surface area contributed by atoms with Crippen molar-refractivity contribution in [2.75, 3.05) is 41.3 Å². The van der Waals surface area contributed by atoms with E-state index < -0.39 is 0 Å². The Morgan fingerprint density at radius 3 is 2.31 bits per heavy atom. The minimum absolute atomic E-state index is 0.0364. The van der Waals surface area contributed by atoms with E-state index in [1.165, 1.54) is 18.4 Å². The molecule has 1 N–H and O–H groups in total. The molecular weight excluding hydrogens is 438 g/mol. The summed E-state index contributed by atoms with van der Waals surface area (Å²) in [5, 5.41) is 2.98. The number of nitrogens with zero attached hydrogens (tertiary/aromatic N) is 6. The molecule has 8 heteroatoms. The number of fused-ring (bicyclic) bond motifs is 1. The molecule has 2 aromatic heterocycles. The lowest BCUT2D eigenvalue weighted by Crippen LogP contribution is -2.47. The van der Waals surface area contributed by atoms with Crippen molar-refractivity contribution in [3.8, 4) is 11.1 Å². The SMILES string of the molecule is CC(=O)Nc1ccc(-c2ccc3ncc(N4CCN(c5cnccn5)CC4)nc3c2)cc1C1CC1. The molecule has 0 atom stereocenters. The molecule has 1 aliphatic heterocycles. The summed E-state index contributed by atoms with van der Waals surface area (Å²) in [4.78, 5) is 34.4. The number of nitrogens with one attached hydrogen (secondary N) is 1. The molecule has 3 heterocycles. The van der Waals surface area contributed by atoms with Gasteiger partial charge in [0.2, 0.25) is 5.91 Å². The van der Waals surface area contributed by atoms with Crippen LogP contribution >= 0.6 is 0 Å². The normalized spacial score (nSPS) is 15.9. The first kappa shape index (κ1) is 21.5. The van der Waals surface area contributed by atoms with E-state index in [2.05, 4.69) is 54.3 Å². The van der Waals surface area contributed by atoms with Gasteiger partial charge in [0.1, 0.15) is 11.6 Å². The summed E-state index contributed by atoms with van der Waals surface area (Å²) in [5.41, 5.74) is 6.15. The smallest absolute Gasteiger partial charge is 0.221 e. The molecule has 2 aliphatic rings. The largest absolute Gasteiger partial charge is 0.352 e. The van der Waals surface area contributed by atoms with Gasteiger partial charge in [-0.15, -0.1) is 0 Å². The molecular formula is C27H27N7O. The first-order valence-corrected chi connectivity index (χ1v) is 12.1. The van der Waals surface area contributed by atoms with E-state index in [1.54, 1.807) is 19.3 Å². The third-order valence-electron chi connectivity index (χ3n) is 6.72. The molecule has 1 saturated heterocycles. The molecule has 0 unspecified atom stereocenters. The molecule has 4 aromatic rings. The standard InChI is InChI=1S/C27H27N7O/c1-18(35)31-23-6-4-20(14-22(23)19-2-3-19)21-5-7-24-25(15-21)32-27(17-30-24)34-12-10-33(11-13-34)26-16-28-8-9-29-26/h4-9,14-17,19H,2-3,10-13H2,1H3,(H,31,35). The fourth-order valence-corrected chi connectivity index (χ4v) is 4.73. The van der Waals surface area contributed by atoms with Crippen molar-refractivity contribution in [3.63, 3.8) is 0 Å². The molecule has 0 bridgehead atoms. The molecule has 0 radical (unpaired) electrons. The molecule has 35 heavy (non-hydrogen) atoms. The minimum Gasteiger partial charge on any atom is -0.352 e. The summed E-state index contributed by atoms with van der Waals surface area (Å²) in [7, 11) is 0. The van der Waals surface area contributed by atoms with Gasteiger partial charge in [0.15, 0.2) is 0 Å². The summed E-state index contributed by atoms with van der Waals surface area (Å²) in [6.45, 7) is 4.99. The van der Waals surface area contributed by atoms with E-state index >= 15 is 0 Å². The average molecular weight is 466 g/mol. The number of anilines is 3. The van der Waals surface area contributed by atoms with Crippen LogP contribution in [0.1, 0.15) is 31.2 Å². The Morgan fingerprint density at radius 2 is 1.60 bits per heavy atom. The van der Waals surface area contributed by atoms with Gasteiger partial charge in [0, 0.05) is 51.2 Å². The van der Waals surface area contributed by atoms with Crippen LogP contribution < -0.4 is 15.1 Å². The average Bonchev–Trinajstić information content (AvgIpc) is 3.74. The van der Waals surface area contributed by atoms with Gasteiger partial charge in [-0.2, -0.15) is 0 Å². The van der Waals surface area contributed by atoms with Gasteiger partial charge >= 0.3 is 0 Å². The first-order chi connectivity index (χ1) is 17.1. The molecule has 2 fully saturated rings. The maximum Gasteiger partial charge on any atom is 0.221 e. The van der Waals surface area contributed by atoms with E-state index in [-0.39, 0.29) is 5.91 Å². The maximum atomic E-state index is 11.6. The number of hydrogen-bond donors (Lipinski definition) is 1. The van der Waals surface area contributed by atoms with E-state index in [0.29, 0.717) is 5.92 Å². The van der Waals surface area contributed by atoms with Crippen molar-refractivity contribution < 1.29 is 4.79 Å². The minimum atomic E-state index is -0.0364. The Kier molecular flexibility index (Phi) is 5.48. The van der Waals surface area contributed by atoms with Crippen LogP contribution in [0.2, 0.25) is 0 Å². The molecule has 2 aromatic carbocycles. The zero-order chi connectivity index (χ0) is 23.8. The topological polar surface area (TPSA) is 87.1 Å².